The highest BCUT2D eigenvalue weighted by Gasteiger charge is 2.20. The van der Waals surface area contributed by atoms with Gasteiger partial charge in [0.25, 0.3) is 12.2 Å². The molecule has 1 rings (SSSR count). The van der Waals surface area contributed by atoms with Gasteiger partial charge in [0, 0.05) is 16.1 Å². The van der Waals surface area contributed by atoms with E-state index in [1.807, 2.05) is 0 Å². The lowest BCUT2D eigenvalue weighted by Crippen LogP contribution is -2.17. The zero-order valence-electron chi connectivity index (χ0n) is 8.88. The van der Waals surface area contributed by atoms with Crippen LogP contribution in [-0.4, -0.2) is 18.4 Å². The third-order valence-corrected chi connectivity index (χ3v) is 2.11. The van der Waals surface area contributed by atoms with Gasteiger partial charge in [0.2, 0.25) is 0 Å². The Kier molecular flexibility index (Phi) is 4.57. The molecule has 0 aromatic heterocycles. The van der Waals surface area contributed by atoms with Crippen molar-refractivity contribution in [3.8, 4) is 0 Å². The van der Waals surface area contributed by atoms with E-state index in [4.69, 9.17) is 11.6 Å². The summed E-state index contributed by atoms with van der Waals surface area (Å²) in [5.74, 6) is -2.08. The predicted molar refractivity (Wildman–Crippen MR) is 57.4 cm³/mol. The molecule has 0 radical (unpaired) electrons. The Hall–Kier alpha value is -1.49. The highest BCUT2D eigenvalue weighted by Crippen LogP contribution is 2.24. The Bertz CT molecular complexity index is 446. The summed E-state index contributed by atoms with van der Waals surface area (Å²) in [5.41, 5.74) is -0.614. The van der Waals surface area contributed by atoms with Crippen molar-refractivity contribution < 1.29 is 23.1 Å². The van der Waals surface area contributed by atoms with Crippen molar-refractivity contribution in [1.29, 1.82) is 0 Å². The molecule has 17 heavy (non-hydrogen) atoms. The lowest BCUT2D eigenvalue weighted by molar-refractivity contribution is -0.137. The average Bonchev–Trinajstić information content (AvgIpc) is 2.27. The minimum Gasteiger partial charge on any atom is -0.460 e. The van der Waals surface area contributed by atoms with E-state index in [1.54, 1.807) is 0 Å². The van der Waals surface area contributed by atoms with Crippen molar-refractivity contribution in [2.75, 3.05) is 6.61 Å². The molecular formula is C11H9ClF2O3. The van der Waals surface area contributed by atoms with Crippen LogP contribution in [0.3, 0.4) is 0 Å². The fourth-order valence-electron chi connectivity index (χ4n) is 1.18. The number of rotatable bonds is 4. The summed E-state index contributed by atoms with van der Waals surface area (Å²) in [6, 6.07) is 3.11. The lowest BCUT2D eigenvalue weighted by Gasteiger charge is -2.05. The summed E-state index contributed by atoms with van der Waals surface area (Å²) >= 11 is 5.58. The lowest BCUT2D eigenvalue weighted by atomic mass is 10.1. The van der Waals surface area contributed by atoms with Gasteiger partial charge < -0.3 is 4.74 Å². The number of carbonyl (C=O) groups excluding carboxylic acids is 2. The van der Waals surface area contributed by atoms with Crippen LogP contribution in [0.2, 0.25) is 5.02 Å². The Balaban J connectivity index is 3.05. The van der Waals surface area contributed by atoms with Gasteiger partial charge in [-0.05, 0) is 25.1 Å². The van der Waals surface area contributed by atoms with E-state index in [0.29, 0.717) is 0 Å². The van der Waals surface area contributed by atoms with Gasteiger partial charge in [0.05, 0.1) is 6.61 Å². The van der Waals surface area contributed by atoms with Crippen LogP contribution in [0.1, 0.15) is 29.3 Å². The fourth-order valence-corrected chi connectivity index (χ4v) is 1.43. The Morgan fingerprint density at radius 2 is 2.00 bits per heavy atom. The van der Waals surface area contributed by atoms with Crippen molar-refractivity contribution in [3.63, 3.8) is 0 Å². The molecule has 0 unspecified atom stereocenters. The first-order valence-corrected chi connectivity index (χ1v) is 5.13. The number of halogens is 3. The number of hydrogen-bond acceptors (Lipinski definition) is 3. The second-order valence-electron chi connectivity index (χ2n) is 3.12. The van der Waals surface area contributed by atoms with Crippen molar-refractivity contribution in [3.05, 3.63) is 34.3 Å². The zero-order chi connectivity index (χ0) is 13.0. The number of ketones is 1. The summed E-state index contributed by atoms with van der Waals surface area (Å²) in [6.07, 6.45) is -2.76. The van der Waals surface area contributed by atoms with Crippen molar-refractivity contribution in [1.82, 2.24) is 0 Å². The third-order valence-electron chi connectivity index (χ3n) is 1.90. The second-order valence-corrected chi connectivity index (χ2v) is 3.56. The van der Waals surface area contributed by atoms with Crippen molar-refractivity contribution in [2.45, 2.75) is 13.3 Å². The van der Waals surface area contributed by atoms with E-state index in [1.165, 1.54) is 6.92 Å². The molecule has 0 saturated heterocycles. The molecule has 0 aliphatic carbocycles. The molecule has 0 atom stereocenters. The minimum atomic E-state index is -2.76. The normalized spacial score (nSPS) is 10.4. The van der Waals surface area contributed by atoms with Gasteiger partial charge in [-0.15, -0.1) is 0 Å². The highest BCUT2D eigenvalue weighted by atomic mass is 35.5. The molecule has 1 aromatic rings. The summed E-state index contributed by atoms with van der Waals surface area (Å²) in [5, 5.41) is -0.0320. The van der Waals surface area contributed by atoms with E-state index in [9.17, 15) is 18.4 Å². The second kappa shape index (κ2) is 5.72. The number of benzene rings is 1. The molecule has 3 nitrogen and oxygen atoms in total. The van der Waals surface area contributed by atoms with E-state index in [-0.39, 0.29) is 17.2 Å². The molecule has 1 aromatic carbocycles. The van der Waals surface area contributed by atoms with Crippen molar-refractivity contribution >= 4 is 23.4 Å². The molecule has 0 saturated carbocycles. The smallest absolute Gasteiger partial charge is 0.379 e. The van der Waals surface area contributed by atoms with Gasteiger partial charge >= 0.3 is 5.97 Å². The number of ether oxygens (including phenoxy) is 1. The first kappa shape index (κ1) is 13.6. The van der Waals surface area contributed by atoms with E-state index in [0.717, 1.165) is 18.2 Å². The van der Waals surface area contributed by atoms with Crippen molar-refractivity contribution in [2.24, 2.45) is 0 Å². The molecule has 6 heteroatoms. The first-order valence-electron chi connectivity index (χ1n) is 4.75. The fraction of sp³-hybridized carbons (Fsp3) is 0.273. The predicted octanol–water partition coefficient (Wildman–Crippen LogP) is 3.02. The monoisotopic (exact) mass is 262 g/mol. The van der Waals surface area contributed by atoms with Crippen LogP contribution in [0, 0.1) is 0 Å². The largest absolute Gasteiger partial charge is 0.460 e. The minimum absolute atomic E-state index is 0.0320. The summed E-state index contributed by atoms with van der Waals surface area (Å²) in [4.78, 5) is 22.6. The highest BCUT2D eigenvalue weighted by molar-refractivity contribution is 6.41. The topological polar surface area (TPSA) is 43.4 Å². The number of esters is 1. The first-order chi connectivity index (χ1) is 7.95. The van der Waals surface area contributed by atoms with Crippen LogP contribution in [0.5, 0.6) is 0 Å². The summed E-state index contributed by atoms with van der Waals surface area (Å²) < 4.78 is 29.4. The van der Waals surface area contributed by atoms with Crippen LogP contribution in [0.15, 0.2) is 18.2 Å². The molecule has 0 amide bonds. The van der Waals surface area contributed by atoms with Crippen LogP contribution >= 0.6 is 11.6 Å². The van der Waals surface area contributed by atoms with Gasteiger partial charge in [-0.1, -0.05) is 11.6 Å². The van der Waals surface area contributed by atoms with Gasteiger partial charge in [-0.3, -0.25) is 4.79 Å². The van der Waals surface area contributed by atoms with E-state index < -0.39 is 23.7 Å². The quantitative estimate of drug-likeness (QED) is 0.476. The maximum atomic E-state index is 12.5. The molecule has 0 heterocycles. The zero-order valence-corrected chi connectivity index (χ0v) is 9.63. The van der Waals surface area contributed by atoms with Crippen LogP contribution in [0.25, 0.3) is 0 Å². The van der Waals surface area contributed by atoms with Crippen LogP contribution in [0.4, 0.5) is 8.78 Å². The van der Waals surface area contributed by atoms with Gasteiger partial charge in [-0.25, -0.2) is 13.6 Å². The summed E-state index contributed by atoms with van der Waals surface area (Å²) in [6.45, 7) is 1.57. The van der Waals surface area contributed by atoms with Crippen LogP contribution < -0.4 is 0 Å². The Labute approximate surface area is 101 Å². The molecule has 0 bridgehead atoms. The average molecular weight is 263 g/mol. The molecular weight excluding hydrogens is 254 g/mol. The van der Waals surface area contributed by atoms with Gasteiger partial charge in [0.1, 0.15) is 0 Å². The summed E-state index contributed by atoms with van der Waals surface area (Å²) in [7, 11) is 0. The molecule has 92 valence electrons. The number of Topliss-reactive ketones (excluding diaryl/α,β-unsaturated/α-hetero) is 1. The van der Waals surface area contributed by atoms with Gasteiger partial charge in [0.15, 0.2) is 0 Å². The standard InChI is InChI=1S/C11H9ClF2O3/c1-2-17-11(16)9(15)6-3-7(10(13)14)5-8(12)4-6/h3-5,10H,2H2,1H3. The number of hydrogen-bond donors (Lipinski definition) is 0. The van der Waals surface area contributed by atoms with E-state index in [2.05, 4.69) is 4.74 Å². The maximum Gasteiger partial charge on any atom is 0.379 e. The molecule has 0 aliphatic rings. The third kappa shape index (κ3) is 3.49. The molecule has 0 fully saturated rings. The SMILES string of the molecule is CCOC(=O)C(=O)c1cc(Cl)cc(C(F)F)c1. The van der Waals surface area contributed by atoms with E-state index >= 15 is 0 Å². The molecule has 0 N–H and O–H groups in total. The molecule has 0 spiro atoms. The Morgan fingerprint density at radius 1 is 1.35 bits per heavy atom. The molecule has 0 aliphatic heterocycles. The number of alkyl halides is 2. The van der Waals surface area contributed by atoms with Crippen LogP contribution in [-0.2, 0) is 9.53 Å². The maximum absolute atomic E-state index is 12.5. The Morgan fingerprint density at radius 3 is 2.53 bits per heavy atom. The number of carbonyl (C=O) groups is 2. The van der Waals surface area contributed by atoms with Gasteiger partial charge in [-0.2, -0.15) is 0 Å².